The number of amides is 3. The highest BCUT2D eigenvalue weighted by Gasteiger charge is 2.47. The van der Waals surface area contributed by atoms with Gasteiger partial charge in [0.15, 0.2) is 11.6 Å². The van der Waals surface area contributed by atoms with Crippen LogP contribution in [0, 0.1) is 23.3 Å². The number of carbonyl (C=O) groups is 2. The first-order valence-corrected chi connectivity index (χ1v) is 10.2. The van der Waals surface area contributed by atoms with E-state index in [1.807, 2.05) is 0 Å². The second-order valence-corrected chi connectivity index (χ2v) is 8.18. The number of likely N-dealkylation sites (tertiary alicyclic amines) is 2. The van der Waals surface area contributed by atoms with Crippen LogP contribution < -0.4 is 11.1 Å². The van der Waals surface area contributed by atoms with E-state index in [-0.39, 0.29) is 42.1 Å². The Morgan fingerprint density at radius 3 is 2.31 bits per heavy atom. The molecule has 4 rings (SSSR count). The predicted molar refractivity (Wildman–Crippen MR) is 109 cm³/mol. The van der Waals surface area contributed by atoms with Gasteiger partial charge in [0.05, 0.1) is 17.8 Å². The SMILES string of the molecule is N[C@@H](CC(=O)N1C[C@@H]2C[C@H]1CN2C(=O)Nc1ccccc1F)Cc1cc(F)c(F)cc1F. The topological polar surface area (TPSA) is 78.7 Å². The number of hydrogen-bond acceptors (Lipinski definition) is 3. The van der Waals surface area contributed by atoms with Crippen LogP contribution in [-0.2, 0) is 11.2 Å². The first kappa shape index (κ1) is 22.1. The fourth-order valence-electron chi connectivity index (χ4n) is 4.39. The zero-order valence-corrected chi connectivity index (χ0v) is 17.0. The number of hydrogen-bond donors (Lipinski definition) is 2. The molecule has 0 unspecified atom stereocenters. The van der Waals surface area contributed by atoms with Crippen molar-refractivity contribution < 1.29 is 27.2 Å². The van der Waals surface area contributed by atoms with Crippen LogP contribution in [0.4, 0.5) is 28.0 Å². The molecule has 0 aromatic heterocycles. The number of urea groups is 1. The Hall–Kier alpha value is -3.14. The lowest BCUT2D eigenvalue weighted by molar-refractivity contribution is -0.133. The van der Waals surface area contributed by atoms with Gasteiger partial charge in [-0.2, -0.15) is 0 Å². The van der Waals surface area contributed by atoms with E-state index in [0.717, 1.165) is 6.07 Å². The van der Waals surface area contributed by atoms with Crippen molar-refractivity contribution >= 4 is 17.6 Å². The van der Waals surface area contributed by atoms with E-state index in [9.17, 15) is 27.2 Å². The molecule has 2 aromatic carbocycles. The summed E-state index contributed by atoms with van der Waals surface area (Å²) in [5.41, 5.74) is 5.96. The van der Waals surface area contributed by atoms with Crippen molar-refractivity contribution in [2.75, 3.05) is 18.4 Å². The molecule has 0 saturated carbocycles. The number of anilines is 1. The molecule has 0 aliphatic carbocycles. The largest absolute Gasteiger partial charge is 0.336 e. The summed E-state index contributed by atoms with van der Waals surface area (Å²) in [6.45, 7) is 0.629. The van der Waals surface area contributed by atoms with E-state index in [1.165, 1.54) is 18.2 Å². The number of para-hydroxylation sites is 1. The quantitative estimate of drug-likeness (QED) is 0.543. The van der Waals surface area contributed by atoms with E-state index in [1.54, 1.807) is 15.9 Å². The summed E-state index contributed by atoms with van der Waals surface area (Å²) in [4.78, 5) is 28.5. The molecule has 2 heterocycles. The van der Waals surface area contributed by atoms with Crippen LogP contribution in [0.3, 0.4) is 0 Å². The molecule has 2 aliphatic heterocycles. The number of nitrogens with zero attached hydrogens (tertiary/aromatic N) is 2. The smallest absolute Gasteiger partial charge is 0.322 e. The lowest BCUT2D eigenvalue weighted by Crippen LogP contribution is -2.52. The van der Waals surface area contributed by atoms with Crippen LogP contribution in [0.25, 0.3) is 0 Å². The monoisotopic (exact) mass is 450 g/mol. The molecule has 2 fully saturated rings. The molecule has 6 nitrogen and oxygen atoms in total. The number of fused-ring (bicyclic) bond motifs is 2. The highest BCUT2D eigenvalue weighted by molar-refractivity contribution is 5.90. The fraction of sp³-hybridized carbons (Fsp3) is 0.364. The van der Waals surface area contributed by atoms with Crippen molar-refractivity contribution in [3.8, 4) is 0 Å². The maximum Gasteiger partial charge on any atom is 0.322 e. The first-order valence-electron chi connectivity index (χ1n) is 10.2. The van der Waals surface area contributed by atoms with Crippen molar-refractivity contribution in [2.24, 2.45) is 5.73 Å². The van der Waals surface area contributed by atoms with Crippen LogP contribution >= 0.6 is 0 Å². The van der Waals surface area contributed by atoms with Crippen LogP contribution in [0.15, 0.2) is 36.4 Å². The zero-order valence-electron chi connectivity index (χ0n) is 17.0. The predicted octanol–water partition coefficient (Wildman–Crippen LogP) is 3.02. The van der Waals surface area contributed by atoms with Gasteiger partial charge >= 0.3 is 6.03 Å². The second kappa shape index (κ2) is 8.78. The van der Waals surface area contributed by atoms with Gasteiger partial charge in [-0.25, -0.2) is 22.4 Å². The molecule has 0 radical (unpaired) electrons. The van der Waals surface area contributed by atoms with Gasteiger partial charge in [0, 0.05) is 31.6 Å². The van der Waals surface area contributed by atoms with Gasteiger partial charge in [-0.3, -0.25) is 4.79 Å². The third kappa shape index (κ3) is 4.40. The highest BCUT2D eigenvalue weighted by atomic mass is 19.2. The van der Waals surface area contributed by atoms with Gasteiger partial charge in [0.1, 0.15) is 11.6 Å². The average molecular weight is 450 g/mol. The number of benzene rings is 2. The minimum absolute atomic E-state index is 0.0867. The van der Waals surface area contributed by atoms with E-state index in [0.29, 0.717) is 25.6 Å². The van der Waals surface area contributed by atoms with Crippen LogP contribution in [0.1, 0.15) is 18.4 Å². The Morgan fingerprint density at radius 1 is 0.969 bits per heavy atom. The fourth-order valence-corrected chi connectivity index (χ4v) is 4.39. The average Bonchev–Trinajstić information content (AvgIpc) is 3.35. The minimum atomic E-state index is -1.28. The van der Waals surface area contributed by atoms with E-state index in [4.69, 9.17) is 5.73 Å². The third-order valence-corrected chi connectivity index (χ3v) is 5.95. The number of halogens is 4. The van der Waals surface area contributed by atoms with Crippen LogP contribution in [0.2, 0.25) is 0 Å². The standard InChI is InChI=1S/C22H22F4N4O2/c23-16-3-1-2-4-20(16)28-22(32)30-11-14-8-15(30)10-29(14)21(31)7-13(27)5-12-6-18(25)19(26)9-17(12)24/h1-4,6,9,13-15H,5,7-8,10-11,27H2,(H,28,32)/t13-,14+,15+/m1/s1. The first-order chi connectivity index (χ1) is 15.2. The van der Waals surface area contributed by atoms with Gasteiger partial charge in [-0.05, 0) is 36.6 Å². The normalized spacial score (nSPS) is 20.5. The Labute approximate surface area is 182 Å². The molecule has 0 spiro atoms. The summed E-state index contributed by atoms with van der Waals surface area (Å²) in [6.07, 6.45) is 0.389. The lowest BCUT2D eigenvalue weighted by Gasteiger charge is -2.34. The van der Waals surface area contributed by atoms with Crippen LogP contribution in [-0.4, -0.2) is 53.0 Å². The number of rotatable bonds is 5. The molecular formula is C22H22F4N4O2. The molecule has 2 aliphatic rings. The highest BCUT2D eigenvalue weighted by Crippen LogP contribution is 2.32. The molecular weight excluding hydrogens is 428 g/mol. The van der Waals surface area contributed by atoms with Crippen molar-refractivity contribution in [1.82, 2.24) is 9.80 Å². The van der Waals surface area contributed by atoms with Crippen molar-refractivity contribution in [1.29, 1.82) is 0 Å². The van der Waals surface area contributed by atoms with Gasteiger partial charge < -0.3 is 20.9 Å². The van der Waals surface area contributed by atoms with Crippen molar-refractivity contribution in [2.45, 2.75) is 37.4 Å². The van der Waals surface area contributed by atoms with E-state index in [2.05, 4.69) is 5.32 Å². The summed E-state index contributed by atoms with van der Waals surface area (Å²) in [5, 5.41) is 2.55. The van der Waals surface area contributed by atoms with Crippen molar-refractivity contribution in [3.63, 3.8) is 0 Å². The summed E-state index contributed by atoms with van der Waals surface area (Å²) in [6, 6.07) is 5.47. The summed E-state index contributed by atoms with van der Waals surface area (Å²) < 4.78 is 54.0. The molecule has 3 amide bonds. The molecule has 2 saturated heterocycles. The number of carbonyl (C=O) groups excluding carboxylic acids is 2. The summed E-state index contributed by atoms with van der Waals surface area (Å²) in [5.74, 6) is -4.16. The maximum atomic E-state index is 13.8. The summed E-state index contributed by atoms with van der Waals surface area (Å²) >= 11 is 0. The molecule has 32 heavy (non-hydrogen) atoms. The van der Waals surface area contributed by atoms with Crippen LogP contribution in [0.5, 0.6) is 0 Å². The Balaban J connectivity index is 1.31. The Bertz CT molecular complexity index is 1050. The number of nitrogens with one attached hydrogen (secondary N) is 1. The van der Waals surface area contributed by atoms with Gasteiger partial charge in [0.2, 0.25) is 5.91 Å². The lowest BCUT2D eigenvalue weighted by atomic mass is 10.0. The summed E-state index contributed by atoms with van der Waals surface area (Å²) in [7, 11) is 0. The zero-order chi connectivity index (χ0) is 23.0. The Morgan fingerprint density at radius 2 is 1.62 bits per heavy atom. The molecule has 2 aromatic rings. The molecule has 10 heteroatoms. The maximum absolute atomic E-state index is 13.8. The molecule has 3 N–H and O–H groups in total. The number of piperazine rings is 1. The molecule has 3 atom stereocenters. The molecule has 2 bridgehead atoms. The van der Waals surface area contributed by atoms with E-state index >= 15 is 0 Å². The van der Waals surface area contributed by atoms with Gasteiger partial charge in [-0.15, -0.1) is 0 Å². The second-order valence-electron chi connectivity index (χ2n) is 8.18. The van der Waals surface area contributed by atoms with Gasteiger partial charge in [0.25, 0.3) is 0 Å². The minimum Gasteiger partial charge on any atom is -0.336 e. The van der Waals surface area contributed by atoms with Gasteiger partial charge in [-0.1, -0.05) is 12.1 Å². The number of nitrogens with two attached hydrogens (primary N) is 1. The van der Waals surface area contributed by atoms with Crippen molar-refractivity contribution in [3.05, 3.63) is 65.2 Å². The molecule has 170 valence electrons. The third-order valence-electron chi connectivity index (χ3n) is 5.95. The Kier molecular flexibility index (Phi) is 6.05. The van der Waals surface area contributed by atoms with E-state index < -0.39 is 35.3 Å².